The van der Waals surface area contributed by atoms with Gasteiger partial charge in [0.15, 0.2) is 4.90 Å². The lowest BCUT2D eigenvalue weighted by molar-refractivity contribution is -0.386. The lowest BCUT2D eigenvalue weighted by Gasteiger charge is -2.20. The monoisotopic (exact) mass is 273 g/mol. The van der Waals surface area contributed by atoms with E-state index in [0.29, 0.717) is 0 Å². The average molecular weight is 273 g/mol. The molecule has 0 bridgehead atoms. The van der Waals surface area contributed by atoms with Crippen LogP contribution in [-0.4, -0.2) is 18.9 Å². The van der Waals surface area contributed by atoms with E-state index in [4.69, 9.17) is 5.73 Å². The number of nitrogens with one attached hydrogen (secondary N) is 1. The van der Waals surface area contributed by atoms with Gasteiger partial charge in [-0.1, -0.05) is 6.07 Å². The number of anilines is 1. The number of sulfonamides is 1. The van der Waals surface area contributed by atoms with Gasteiger partial charge in [-0.25, -0.2) is 13.1 Å². The first kappa shape index (κ1) is 14.4. The highest BCUT2D eigenvalue weighted by Gasteiger charge is 2.30. The highest BCUT2D eigenvalue weighted by Crippen LogP contribution is 2.30. The van der Waals surface area contributed by atoms with Crippen LogP contribution < -0.4 is 10.5 Å². The fraction of sp³-hybridized carbons (Fsp3) is 0.400. The average Bonchev–Trinajstić information content (AvgIpc) is 2.12. The van der Waals surface area contributed by atoms with Crippen LogP contribution in [-0.2, 0) is 10.0 Å². The zero-order valence-corrected chi connectivity index (χ0v) is 11.1. The van der Waals surface area contributed by atoms with Gasteiger partial charge in [0.05, 0.1) is 4.92 Å². The minimum absolute atomic E-state index is 0.184. The molecule has 1 aromatic carbocycles. The summed E-state index contributed by atoms with van der Waals surface area (Å²) >= 11 is 0. The summed E-state index contributed by atoms with van der Waals surface area (Å²) in [5.41, 5.74) is 3.92. The smallest absolute Gasteiger partial charge is 0.312 e. The molecule has 0 radical (unpaired) electrons. The molecular weight excluding hydrogens is 258 g/mol. The molecule has 3 N–H and O–H groups in total. The fourth-order valence-electron chi connectivity index (χ4n) is 1.41. The quantitative estimate of drug-likeness (QED) is 0.488. The maximum absolute atomic E-state index is 12.1. The Morgan fingerprint density at radius 3 is 2.33 bits per heavy atom. The van der Waals surface area contributed by atoms with Crippen molar-refractivity contribution in [3.05, 3.63) is 28.3 Å². The second-order valence-electron chi connectivity index (χ2n) is 4.81. The molecule has 8 heteroatoms. The molecule has 18 heavy (non-hydrogen) atoms. The number of hydrogen-bond acceptors (Lipinski definition) is 5. The maximum Gasteiger partial charge on any atom is 0.312 e. The number of benzene rings is 1. The van der Waals surface area contributed by atoms with Gasteiger partial charge >= 0.3 is 5.69 Å². The van der Waals surface area contributed by atoms with Crippen molar-refractivity contribution in [1.82, 2.24) is 4.72 Å². The van der Waals surface area contributed by atoms with Crippen LogP contribution in [0.25, 0.3) is 0 Å². The Morgan fingerprint density at radius 2 is 1.89 bits per heavy atom. The predicted octanol–water partition coefficient (Wildman–Crippen LogP) is 1.25. The third kappa shape index (κ3) is 3.17. The Kier molecular flexibility index (Phi) is 3.63. The number of nitro groups is 1. The van der Waals surface area contributed by atoms with Gasteiger partial charge in [0.1, 0.15) is 5.69 Å². The topological polar surface area (TPSA) is 115 Å². The van der Waals surface area contributed by atoms with E-state index >= 15 is 0 Å². The standard InChI is InChI=1S/C10H15N3O4S/c1-10(2,3)12-18(16,17)8-6-4-5-7(11)9(8)13(14)15/h4-6,12H,11H2,1-3H3. The number of hydrogen-bond donors (Lipinski definition) is 2. The Morgan fingerprint density at radius 1 is 1.33 bits per heavy atom. The van der Waals surface area contributed by atoms with Crippen molar-refractivity contribution < 1.29 is 13.3 Å². The van der Waals surface area contributed by atoms with Crippen LogP contribution in [0.3, 0.4) is 0 Å². The molecule has 0 saturated heterocycles. The first-order valence-electron chi connectivity index (χ1n) is 5.11. The molecule has 1 rings (SSSR count). The van der Waals surface area contributed by atoms with Gasteiger partial charge in [-0.15, -0.1) is 0 Å². The minimum Gasteiger partial charge on any atom is -0.393 e. The number of nitrogen functional groups attached to an aromatic ring is 1. The van der Waals surface area contributed by atoms with Crippen LogP contribution in [0, 0.1) is 10.1 Å². The first-order chi connectivity index (χ1) is 8.04. The van der Waals surface area contributed by atoms with Gasteiger partial charge < -0.3 is 5.73 Å². The van der Waals surface area contributed by atoms with Gasteiger partial charge in [-0.2, -0.15) is 0 Å². The van der Waals surface area contributed by atoms with Crippen LogP contribution in [0.2, 0.25) is 0 Å². The number of rotatable bonds is 3. The lowest BCUT2D eigenvalue weighted by atomic mass is 10.1. The van der Waals surface area contributed by atoms with Crippen LogP contribution >= 0.6 is 0 Å². The molecule has 0 amide bonds. The Labute approximate surface area is 105 Å². The molecule has 0 aromatic heterocycles. The van der Waals surface area contributed by atoms with E-state index in [2.05, 4.69) is 4.72 Å². The van der Waals surface area contributed by atoms with Crippen molar-refractivity contribution in [2.75, 3.05) is 5.73 Å². The van der Waals surface area contributed by atoms with Gasteiger partial charge in [-0.05, 0) is 32.9 Å². The number of para-hydroxylation sites is 1. The van der Waals surface area contributed by atoms with E-state index in [1.165, 1.54) is 12.1 Å². The van der Waals surface area contributed by atoms with E-state index in [1.807, 2.05) is 0 Å². The molecule has 0 heterocycles. The van der Waals surface area contributed by atoms with Crippen molar-refractivity contribution >= 4 is 21.4 Å². The second-order valence-corrected chi connectivity index (χ2v) is 6.46. The van der Waals surface area contributed by atoms with Crippen LogP contribution in [0.5, 0.6) is 0 Å². The van der Waals surface area contributed by atoms with Gasteiger partial charge in [0, 0.05) is 5.54 Å². The second kappa shape index (κ2) is 4.54. The van der Waals surface area contributed by atoms with Crippen molar-refractivity contribution in [3.8, 4) is 0 Å². The van der Waals surface area contributed by atoms with Crippen LogP contribution in [0.4, 0.5) is 11.4 Å². The molecule has 100 valence electrons. The van der Waals surface area contributed by atoms with Crippen LogP contribution in [0.1, 0.15) is 20.8 Å². The molecule has 0 spiro atoms. The molecule has 0 aliphatic rings. The van der Waals surface area contributed by atoms with Gasteiger partial charge in [0.25, 0.3) is 0 Å². The zero-order valence-electron chi connectivity index (χ0n) is 10.3. The summed E-state index contributed by atoms with van der Waals surface area (Å²) in [6.45, 7) is 4.92. The third-order valence-corrected chi connectivity index (χ3v) is 3.73. The Balaban J connectivity index is 3.43. The molecule has 0 unspecified atom stereocenters. The summed E-state index contributed by atoms with van der Waals surface area (Å²) in [7, 11) is -3.99. The molecule has 0 saturated carbocycles. The first-order valence-corrected chi connectivity index (χ1v) is 6.60. The van der Waals surface area contributed by atoms with Gasteiger partial charge in [-0.3, -0.25) is 10.1 Å². The summed E-state index contributed by atoms with van der Waals surface area (Å²) < 4.78 is 26.5. The molecule has 0 fully saturated rings. The molecule has 0 aliphatic carbocycles. The normalized spacial score (nSPS) is 12.4. The maximum atomic E-state index is 12.1. The van der Waals surface area contributed by atoms with E-state index < -0.39 is 31.1 Å². The summed E-state index contributed by atoms with van der Waals surface area (Å²) in [6, 6.07) is 3.80. The molecule has 0 atom stereocenters. The largest absolute Gasteiger partial charge is 0.393 e. The summed E-state index contributed by atoms with van der Waals surface area (Å²) in [6.07, 6.45) is 0. The lowest BCUT2D eigenvalue weighted by Crippen LogP contribution is -2.40. The summed E-state index contributed by atoms with van der Waals surface area (Å²) in [5.74, 6) is 0. The molecular formula is C10H15N3O4S. The van der Waals surface area contributed by atoms with E-state index in [0.717, 1.165) is 6.07 Å². The summed E-state index contributed by atoms with van der Waals surface area (Å²) in [4.78, 5) is 9.66. The number of nitro benzene ring substituents is 1. The molecule has 7 nitrogen and oxygen atoms in total. The van der Waals surface area contributed by atoms with Crippen molar-refractivity contribution in [2.24, 2.45) is 0 Å². The van der Waals surface area contributed by atoms with Crippen molar-refractivity contribution in [2.45, 2.75) is 31.2 Å². The predicted molar refractivity (Wildman–Crippen MR) is 67.6 cm³/mol. The number of nitrogens with two attached hydrogens (primary N) is 1. The Bertz CT molecular complexity index is 575. The van der Waals surface area contributed by atoms with E-state index in [9.17, 15) is 18.5 Å². The molecule has 0 aliphatic heterocycles. The highest BCUT2D eigenvalue weighted by molar-refractivity contribution is 7.89. The fourth-order valence-corrected chi connectivity index (χ4v) is 3.03. The SMILES string of the molecule is CC(C)(C)NS(=O)(=O)c1cccc(N)c1[N+](=O)[O-]. The Hall–Kier alpha value is -1.67. The van der Waals surface area contributed by atoms with Crippen molar-refractivity contribution in [3.63, 3.8) is 0 Å². The highest BCUT2D eigenvalue weighted by atomic mass is 32.2. The van der Waals surface area contributed by atoms with Crippen molar-refractivity contribution in [1.29, 1.82) is 0 Å². The van der Waals surface area contributed by atoms with Gasteiger partial charge in [0.2, 0.25) is 10.0 Å². The molecule has 1 aromatic rings. The zero-order chi connectivity index (χ0) is 14.1. The van der Waals surface area contributed by atoms with E-state index in [-0.39, 0.29) is 5.69 Å². The van der Waals surface area contributed by atoms with E-state index in [1.54, 1.807) is 20.8 Å². The minimum atomic E-state index is -3.99. The van der Waals surface area contributed by atoms with Crippen LogP contribution in [0.15, 0.2) is 23.1 Å². The summed E-state index contributed by atoms with van der Waals surface area (Å²) in [5, 5.41) is 10.9. The number of nitrogens with zero attached hydrogens (tertiary/aromatic N) is 1. The third-order valence-electron chi connectivity index (χ3n) is 1.94.